The van der Waals surface area contributed by atoms with Crippen LogP contribution in [-0.4, -0.2) is 41.4 Å². The molecule has 4 rings (SSSR count). The predicted molar refractivity (Wildman–Crippen MR) is 106 cm³/mol. The van der Waals surface area contributed by atoms with Gasteiger partial charge in [0.05, 0.1) is 12.2 Å². The minimum atomic E-state index is -0.366. The van der Waals surface area contributed by atoms with E-state index in [1.807, 2.05) is 30.3 Å². The molecule has 1 aromatic heterocycles. The van der Waals surface area contributed by atoms with Crippen LogP contribution in [0.4, 0.5) is 5.69 Å². The topological polar surface area (TPSA) is 58.7 Å². The Kier molecular flexibility index (Phi) is 4.76. The van der Waals surface area contributed by atoms with Crippen LogP contribution in [0.15, 0.2) is 51.7 Å². The summed E-state index contributed by atoms with van der Waals surface area (Å²) >= 11 is 5.97. The zero-order valence-corrected chi connectivity index (χ0v) is 15.8. The predicted octanol–water partition coefficient (Wildman–Crippen LogP) is 3.23. The number of anilines is 1. The summed E-state index contributed by atoms with van der Waals surface area (Å²) in [6.07, 6.45) is 0. The Balaban J connectivity index is 1.43. The normalized spacial score (nSPS) is 15.4. The van der Waals surface area contributed by atoms with Crippen molar-refractivity contribution < 1.29 is 9.21 Å². The number of Topliss-reactive ketones (excluding diaryl/α,β-unsaturated/α-hetero) is 1. The lowest BCUT2D eigenvalue weighted by atomic mass is 10.1. The second-order valence-electron chi connectivity index (χ2n) is 6.76. The molecule has 6 nitrogen and oxygen atoms in total. The Hall–Kier alpha value is -2.57. The summed E-state index contributed by atoms with van der Waals surface area (Å²) in [6.45, 7) is 5.45. The van der Waals surface area contributed by atoms with Crippen molar-refractivity contribution in [2.75, 3.05) is 31.1 Å². The van der Waals surface area contributed by atoms with Crippen LogP contribution in [0.2, 0.25) is 5.02 Å². The monoisotopic (exact) mass is 385 g/mol. The van der Waals surface area contributed by atoms with Crippen molar-refractivity contribution in [2.24, 2.45) is 0 Å². The average molecular weight is 386 g/mol. The van der Waals surface area contributed by atoms with Crippen molar-refractivity contribution in [3.05, 3.63) is 63.6 Å². The van der Waals surface area contributed by atoms with Crippen molar-refractivity contribution in [1.82, 2.24) is 9.47 Å². The van der Waals surface area contributed by atoms with Crippen LogP contribution < -0.4 is 10.7 Å². The molecular weight excluding hydrogens is 366 g/mol. The van der Waals surface area contributed by atoms with Crippen LogP contribution >= 0.6 is 11.6 Å². The number of fused-ring (bicyclic) bond motifs is 1. The molecule has 0 saturated carbocycles. The Labute approximate surface area is 161 Å². The van der Waals surface area contributed by atoms with Crippen LogP contribution in [0.3, 0.4) is 0 Å². The molecule has 0 atom stereocenters. The molecule has 0 unspecified atom stereocenters. The first-order valence-electron chi connectivity index (χ1n) is 8.88. The van der Waals surface area contributed by atoms with E-state index >= 15 is 0 Å². The average Bonchev–Trinajstić information content (AvgIpc) is 2.97. The SMILES string of the molecule is CC(=O)c1ccc(N2CCN(Cn3c(=O)oc4cc(Cl)ccc43)CC2)cc1. The third-order valence-corrected chi connectivity index (χ3v) is 5.22. The highest BCUT2D eigenvalue weighted by Crippen LogP contribution is 2.20. The smallest absolute Gasteiger partial charge is 0.408 e. The van der Waals surface area contributed by atoms with E-state index in [0.29, 0.717) is 17.3 Å². The second-order valence-corrected chi connectivity index (χ2v) is 7.19. The zero-order valence-electron chi connectivity index (χ0n) is 15.0. The number of benzene rings is 2. The fourth-order valence-corrected chi connectivity index (χ4v) is 3.59. The van der Waals surface area contributed by atoms with Gasteiger partial charge in [0.15, 0.2) is 11.4 Å². The van der Waals surface area contributed by atoms with Gasteiger partial charge in [-0.2, -0.15) is 0 Å². The number of hydrogen-bond donors (Lipinski definition) is 0. The minimum absolute atomic E-state index is 0.0745. The summed E-state index contributed by atoms with van der Waals surface area (Å²) < 4.78 is 6.94. The van der Waals surface area contributed by atoms with Crippen LogP contribution in [0, 0.1) is 0 Å². The third kappa shape index (κ3) is 3.63. The summed E-state index contributed by atoms with van der Waals surface area (Å²) in [5.74, 6) is -0.292. The van der Waals surface area contributed by atoms with Gasteiger partial charge in [0, 0.05) is 48.5 Å². The molecule has 27 heavy (non-hydrogen) atoms. The molecule has 0 bridgehead atoms. The number of ketones is 1. The van der Waals surface area contributed by atoms with Gasteiger partial charge in [-0.1, -0.05) is 11.6 Å². The standard InChI is InChI=1S/C20H20ClN3O3/c1-14(25)15-2-5-17(6-3-15)23-10-8-22(9-11-23)13-24-18-7-4-16(21)12-19(18)27-20(24)26/h2-7,12H,8-11,13H2,1H3. The van der Waals surface area contributed by atoms with Gasteiger partial charge in [0.25, 0.3) is 0 Å². The number of oxazole rings is 1. The quantitative estimate of drug-likeness (QED) is 0.645. The number of hydrogen-bond acceptors (Lipinski definition) is 5. The number of piperazine rings is 1. The number of halogens is 1. The molecule has 2 heterocycles. The zero-order chi connectivity index (χ0) is 19.0. The summed E-state index contributed by atoms with van der Waals surface area (Å²) in [7, 11) is 0. The van der Waals surface area contributed by atoms with E-state index in [-0.39, 0.29) is 11.5 Å². The molecule has 3 aromatic rings. The van der Waals surface area contributed by atoms with Gasteiger partial charge in [-0.05, 0) is 43.3 Å². The minimum Gasteiger partial charge on any atom is -0.408 e. The number of carbonyl (C=O) groups is 1. The molecule has 140 valence electrons. The van der Waals surface area contributed by atoms with Crippen molar-refractivity contribution in [3.8, 4) is 0 Å². The third-order valence-electron chi connectivity index (χ3n) is 4.98. The lowest BCUT2D eigenvalue weighted by molar-refractivity contribution is 0.101. The van der Waals surface area contributed by atoms with Gasteiger partial charge in [0.1, 0.15) is 0 Å². The van der Waals surface area contributed by atoms with Crippen LogP contribution in [0.5, 0.6) is 0 Å². The van der Waals surface area contributed by atoms with E-state index < -0.39 is 0 Å². The van der Waals surface area contributed by atoms with Gasteiger partial charge in [-0.25, -0.2) is 4.79 Å². The highest BCUT2D eigenvalue weighted by atomic mass is 35.5. The molecule has 0 amide bonds. The summed E-state index contributed by atoms with van der Waals surface area (Å²) in [5.41, 5.74) is 3.10. The molecule has 0 radical (unpaired) electrons. The highest BCUT2D eigenvalue weighted by Gasteiger charge is 2.19. The van der Waals surface area contributed by atoms with Gasteiger partial charge < -0.3 is 9.32 Å². The molecule has 0 spiro atoms. The first-order valence-corrected chi connectivity index (χ1v) is 9.26. The van der Waals surface area contributed by atoms with E-state index in [1.54, 1.807) is 23.6 Å². The highest BCUT2D eigenvalue weighted by molar-refractivity contribution is 6.31. The fraction of sp³-hybridized carbons (Fsp3) is 0.300. The maximum absolute atomic E-state index is 12.2. The van der Waals surface area contributed by atoms with Crippen LogP contribution in [-0.2, 0) is 6.67 Å². The summed E-state index contributed by atoms with van der Waals surface area (Å²) in [4.78, 5) is 28.1. The Morgan fingerprint density at radius 1 is 1.07 bits per heavy atom. The van der Waals surface area contributed by atoms with Crippen LogP contribution in [0.25, 0.3) is 11.1 Å². The van der Waals surface area contributed by atoms with Gasteiger partial charge in [-0.15, -0.1) is 0 Å². The molecule has 0 aliphatic carbocycles. The largest absolute Gasteiger partial charge is 0.421 e. The van der Waals surface area contributed by atoms with E-state index in [9.17, 15) is 9.59 Å². The Morgan fingerprint density at radius 2 is 1.78 bits per heavy atom. The first-order chi connectivity index (χ1) is 13.0. The van der Waals surface area contributed by atoms with Crippen LogP contribution in [0.1, 0.15) is 17.3 Å². The lowest BCUT2D eigenvalue weighted by Gasteiger charge is -2.36. The molecule has 0 N–H and O–H groups in total. The Morgan fingerprint density at radius 3 is 2.44 bits per heavy atom. The van der Waals surface area contributed by atoms with E-state index in [2.05, 4.69) is 9.80 Å². The number of rotatable bonds is 4. The first kappa shape index (κ1) is 17.8. The van der Waals surface area contributed by atoms with E-state index in [4.69, 9.17) is 16.0 Å². The van der Waals surface area contributed by atoms with Gasteiger partial charge in [0.2, 0.25) is 0 Å². The summed E-state index contributed by atoms with van der Waals surface area (Å²) in [5, 5.41) is 0.549. The molecule has 1 saturated heterocycles. The van der Waals surface area contributed by atoms with Crippen molar-refractivity contribution in [3.63, 3.8) is 0 Å². The number of nitrogens with zero attached hydrogens (tertiary/aromatic N) is 3. The van der Waals surface area contributed by atoms with Gasteiger partial charge in [-0.3, -0.25) is 14.3 Å². The molecule has 7 heteroatoms. The molecule has 1 aliphatic heterocycles. The maximum atomic E-state index is 12.2. The van der Waals surface area contributed by atoms with E-state index in [1.165, 1.54) is 0 Å². The second kappa shape index (κ2) is 7.21. The van der Waals surface area contributed by atoms with Gasteiger partial charge >= 0.3 is 5.76 Å². The number of aromatic nitrogens is 1. The maximum Gasteiger partial charge on any atom is 0.421 e. The molecule has 2 aromatic carbocycles. The summed E-state index contributed by atoms with van der Waals surface area (Å²) in [6, 6.07) is 13.0. The van der Waals surface area contributed by atoms with Crippen molar-refractivity contribution >= 4 is 34.2 Å². The lowest BCUT2D eigenvalue weighted by Crippen LogP contribution is -2.47. The fourth-order valence-electron chi connectivity index (χ4n) is 3.43. The Bertz CT molecular complexity index is 1030. The molecule has 1 fully saturated rings. The van der Waals surface area contributed by atoms with Crippen molar-refractivity contribution in [1.29, 1.82) is 0 Å². The number of carbonyl (C=O) groups excluding carboxylic acids is 1. The molecule has 1 aliphatic rings. The van der Waals surface area contributed by atoms with E-state index in [0.717, 1.165) is 42.9 Å². The van der Waals surface area contributed by atoms with Crippen molar-refractivity contribution in [2.45, 2.75) is 13.6 Å². The molecular formula is C20H20ClN3O3.